The van der Waals surface area contributed by atoms with Crippen molar-refractivity contribution in [3.63, 3.8) is 0 Å². The number of nitrogens with zero attached hydrogens (tertiary/aromatic N) is 1. The van der Waals surface area contributed by atoms with E-state index in [0.717, 1.165) is 6.42 Å². The molecule has 0 aliphatic rings. The van der Waals surface area contributed by atoms with Gasteiger partial charge in [0.25, 0.3) is 5.91 Å². The molecule has 1 N–H and O–H groups in total. The van der Waals surface area contributed by atoms with Crippen LogP contribution in [-0.4, -0.2) is 25.2 Å². The van der Waals surface area contributed by atoms with Crippen LogP contribution in [0.3, 0.4) is 0 Å². The summed E-state index contributed by atoms with van der Waals surface area (Å²) in [5.74, 6) is 0.962. The average Bonchev–Trinajstić information content (AvgIpc) is 3.08. The summed E-state index contributed by atoms with van der Waals surface area (Å²) in [4.78, 5) is 12.0. The van der Waals surface area contributed by atoms with Crippen LogP contribution in [0.2, 0.25) is 0 Å². The number of nitrogens with one attached hydrogen (secondary N) is 1. The van der Waals surface area contributed by atoms with E-state index in [1.165, 1.54) is 0 Å². The van der Waals surface area contributed by atoms with Crippen molar-refractivity contribution in [3.8, 4) is 11.8 Å². The number of furan rings is 1. The first-order valence-electron chi connectivity index (χ1n) is 8.20. The predicted molar refractivity (Wildman–Crippen MR) is 92.2 cm³/mol. The number of carbonyl (C=O) groups is 1. The molecule has 1 amide bonds. The Morgan fingerprint density at radius 2 is 2.08 bits per heavy atom. The molecule has 2 rings (SSSR count). The summed E-state index contributed by atoms with van der Waals surface area (Å²) in [6, 6.07) is 12.3. The molecular weight excluding hydrogens is 320 g/mol. The molecule has 6 heteroatoms. The van der Waals surface area contributed by atoms with Crippen LogP contribution >= 0.6 is 0 Å². The molecule has 1 heterocycles. The summed E-state index contributed by atoms with van der Waals surface area (Å²) in [5.41, 5.74) is 0.454. The van der Waals surface area contributed by atoms with E-state index in [4.69, 9.17) is 19.2 Å². The van der Waals surface area contributed by atoms with Crippen molar-refractivity contribution in [2.45, 2.75) is 33.0 Å². The molecule has 6 nitrogen and oxygen atoms in total. The lowest BCUT2D eigenvalue weighted by Crippen LogP contribution is -2.25. The molecule has 0 saturated heterocycles. The normalized spacial score (nSPS) is 10.5. The van der Waals surface area contributed by atoms with Gasteiger partial charge in [-0.05, 0) is 44.5 Å². The standard InChI is InChI=1S/C19H22N2O4/c1-14(2)23-11-5-10-21-19(22)18-9-8-16(25-18)13-24-17-7-4-3-6-15(17)12-20/h3-4,6-9,14H,5,10-11,13H2,1-2H3,(H,21,22). The number of hydrogen-bond donors (Lipinski definition) is 1. The number of carbonyl (C=O) groups excluding carboxylic acids is 1. The first kappa shape index (κ1) is 18.6. The highest BCUT2D eigenvalue weighted by molar-refractivity contribution is 5.91. The van der Waals surface area contributed by atoms with Gasteiger partial charge in [-0.25, -0.2) is 0 Å². The molecule has 0 fully saturated rings. The summed E-state index contributed by atoms with van der Waals surface area (Å²) in [5, 5.41) is 11.8. The van der Waals surface area contributed by atoms with Crippen LogP contribution < -0.4 is 10.1 Å². The Morgan fingerprint density at radius 3 is 2.84 bits per heavy atom. The smallest absolute Gasteiger partial charge is 0.286 e. The van der Waals surface area contributed by atoms with E-state index in [1.807, 2.05) is 13.8 Å². The maximum Gasteiger partial charge on any atom is 0.286 e. The van der Waals surface area contributed by atoms with E-state index in [9.17, 15) is 4.79 Å². The highest BCUT2D eigenvalue weighted by Gasteiger charge is 2.11. The topological polar surface area (TPSA) is 84.5 Å². The molecule has 2 aromatic rings. The number of amides is 1. The third kappa shape index (κ3) is 5.98. The Hall–Kier alpha value is -2.78. The number of benzene rings is 1. The second-order valence-electron chi connectivity index (χ2n) is 5.69. The van der Waals surface area contributed by atoms with Gasteiger partial charge in [-0.15, -0.1) is 0 Å². The average molecular weight is 342 g/mol. The van der Waals surface area contributed by atoms with Gasteiger partial charge in [0.15, 0.2) is 5.76 Å². The fourth-order valence-corrected chi connectivity index (χ4v) is 2.09. The van der Waals surface area contributed by atoms with Crippen LogP contribution in [0.1, 0.15) is 42.1 Å². The molecule has 0 saturated carbocycles. The molecule has 0 radical (unpaired) electrons. The van der Waals surface area contributed by atoms with Crippen LogP contribution in [-0.2, 0) is 11.3 Å². The lowest BCUT2D eigenvalue weighted by molar-refractivity contribution is 0.0753. The first-order valence-corrected chi connectivity index (χ1v) is 8.20. The minimum Gasteiger partial charge on any atom is -0.484 e. The van der Waals surface area contributed by atoms with Gasteiger partial charge in [0, 0.05) is 13.2 Å². The Bertz CT molecular complexity index is 731. The molecule has 0 bridgehead atoms. The van der Waals surface area contributed by atoms with Crippen LogP contribution in [0.25, 0.3) is 0 Å². The van der Waals surface area contributed by atoms with Crippen LogP contribution in [0.4, 0.5) is 0 Å². The van der Waals surface area contributed by atoms with Gasteiger partial charge in [0.2, 0.25) is 0 Å². The summed E-state index contributed by atoms with van der Waals surface area (Å²) in [6.07, 6.45) is 0.931. The van der Waals surface area contributed by atoms with Gasteiger partial charge in [-0.3, -0.25) is 4.79 Å². The lowest BCUT2D eigenvalue weighted by Gasteiger charge is -2.07. The number of hydrogen-bond acceptors (Lipinski definition) is 5. The van der Waals surface area contributed by atoms with Crippen molar-refractivity contribution in [2.75, 3.05) is 13.2 Å². The molecular formula is C19H22N2O4. The van der Waals surface area contributed by atoms with Crippen molar-refractivity contribution in [2.24, 2.45) is 0 Å². The number of rotatable bonds is 9. The van der Waals surface area contributed by atoms with Crippen molar-refractivity contribution in [1.29, 1.82) is 5.26 Å². The fraction of sp³-hybridized carbons (Fsp3) is 0.368. The fourth-order valence-electron chi connectivity index (χ4n) is 2.09. The molecule has 0 unspecified atom stereocenters. The molecule has 1 aromatic carbocycles. The number of nitriles is 1. The number of ether oxygens (including phenoxy) is 2. The lowest BCUT2D eigenvalue weighted by atomic mass is 10.2. The van der Waals surface area contributed by atoms with E-state index < -0.39 is 0 Å². The SMILES string of the molecule is CC(C)OCCCNC(=O)c1ccc(COc2ccccc2C#N)o1. The van der Waals surface area contributed by atoms with Crippen molar-refractivity contribution < 1.29 is 18.7 Å². The summed E-state index contributed by atoms with van der Waals surface area (Å²) in [7, 11) is 0. The Morgan fingerprint density at radius 1 is 1.28 bits per heavy atom. The zero-order valence-electron chi connectivity index (χ0n) is 14.5. The van der Waals surface area contributed by atoms with Gasteiger partial charge < -0.3 is 19.2 Å². The maximum atomic E-state index is 12.0. The third-order valence-corrected chi connectivity index (χ3v) is 3.32. The van der Waals surface area contributed by atoms with E-state index in [2.05, 4.69) is 11.4 Å². The molecule has 0 spiro atoms. The second kappa shape index (κ2) is 9.50. The minimum absolute atomic E-state index is 0.147. The summed E-state index contributed by atoms with van der Waals surface area (Å²) < 4.78 is 16.5. The minimum atomic E-state index is -0.270. The molecule has 0 aliphatic carbocycles. The van der Waals surface area contributed by atoms with Crippen LogP contribution in [0.5, 0.6) is 5.75 Å². The summed E-state index contributed by atoms with van der Waals surface area (Å²) >= 11 is 0. The molecule has 25 heavy (non-hydrogen) atoms. The largest absolute Gasteiger partial charge is 0.484 e. The second-order valence-corrected chi connectivity index (χ2v) is 5.69. The molecule has 132 valence electrons. The highest BCUT2D eigenvalue weighted by atomic mass is 16.5. The van der Waals surface area contributed by atoms with Gasteiger partial charge in [0.05, 0.1) is 11.7 Å². The quantitative estimate of drug-likeness (QED) is 0.707. The van der Waals surface area contributed by atoms with E-state index in [-0.39, 0.29) is 24.4 Å². The maximum absolute atomic E-state index is 12.0. The van der Waals surface area contributed by atoms with Crippen LogP contribution in [0, 0.1) is 11.3 Å². The highest BCUT2D eigenvalue weighted by Crippen LogP contribution is 2.19. The Labute approximate surface area is 147 Å². The molecule has 0 aliphatic heterocycles. The summed E-state index contributed by atoms with van der Waals surface area (Å²) in [6.45, 7) is 5.22. The number of para-hydroxylation sites is 1. The Kier molecular flexibility index (Phi) is 7.05. The zero-order chi connectivity index (χ0) is 18.1. The van der Waals surface area contributed by atoms with Gasteiger partial charge >= 0.3 is 0 Å². The first-order chi connectivity index (χ1) is 12.1. The van der Waals surface area contributed by atoms with Gasteiger partial charge in [0.1, 0.15) is 24.2 Å². The van der Waals surface area contributed by atoms with E-state index in [0.29, 0.717) is 30.2 Å². The third-order valence-electron chi connectivity index (χ3n) is 3.32. The van der Waals surface area contributed by atoms with Crippen molar-refractivity contribution >= 4 is 5.91 Å². The van der Waals surface area contributed by atoms with Crippen LogP contribution in [0.15, 0.2) is 40.8 Å². The van der Waals surface area contributed by atoms with Crippen molar-refractivity contribution in [3.05, 3.63) is 53.5 Å². The molecule has 0 atom stereocenters. The zero-order valence-corrected chi connectivity index (χ0v) is 14.5. The monoisotopic (exact) mass is 342 g/mol. The van der Waals surface area contributed by atoms with Gasteiger partial charge in [-0.2, -0.15) is 5.26 Å². The van der Waals surface area contributed by atoms with E-state index >= 15 is 0 Å². The molecule has 1 aromatic heterocycles. The predicted octanol–water partition coefficient (Wildman–Crippen LogP) is 3.28. The van der Waals surface area contributed by atoms with E-state index in [1.54, 1.807) is 36.4 Å². The van der Waals surface area contributed by atoms with Gasteiger partial charge in [-0.1, -0.05) is 12.1 Å². The van der Waals surface area contributed by atoms with Crippen molar-refractivity contribution in [1.82, 2.24) is 5.32 Å². The Balaban J connectivity index is 1.79.